The van der Waals surface area contributed by atoms with E-state index in [1.807, 2.05) is 0 Å². The van der Waals surface area contributed by atoms with Gasteiger partial charge in [0.2, 0.25) is 11.8 Å². The first kappa shape index (κ1) is 14.2. The molecule has 0 aromatic heterocycles. The maximum Gasteiger partial charge on any atom is 0.247 e. The molecule has 1 atom stereocenters. The number of ketones is 1. The van der Waals surface area contributed by atoms with Crippen molar-refractivity contribution in [2.24, 2.45) is 5.92 Å². The zero-order valence-corrected chi connectivity index (χ0v) is 12.1. The van der Waals surface area contributed by atoms with Gasteiger partial charge in [0.25, 0.3) is 0 Å². The Balaban J connectivity index is 2.40. The summed E-state index contributed by atoms with van der Waals surface area (Å²) in [6, 6.07) is 6.81. The molecule has 1 N–H and O–H groups in total. The Labute approximate surface area is 118 Å². The van der Waals surface area contributed by atoms with Crippen molar-refractivity contribution in [2.75, 3.05) is 11.9 Å². The number of anilines is 1. The zero-order chi connectivity index (χ0) is 15.1. The first-order chi connectivity index (χ1) is 9.22. The second-order valence-corrected chi connectivity index (χ2v) is 5.95. The summed E-state index contributed by atoms with van der Waals surface area (Å²) in [5.74, 6) is -2.77. The van der Waals surface area contributed by atoms with Crippen LogP contribution in [0.4, 0.5) is 5.69 Å². The Morgan fingerprint density at radius 3 is 2.40 bits per heavy atom. The third-order valence-electron chi connectivity index (χ3n) is 3.13. The highest BCUT2D eigenvalue weighted by atomic mass is 16.2. The molecule has 1 aromatic carbocycles. The first-order valence-corrected chi connectivity index (χ1v) is 6.45. The molecule has 2 rings (SSSR count). The molecule has 0 spiro atoms. The van der Waals surface area contributed by atoms with Crippen molar-refractivity contribution in [1.29, 1.82) is 0 Å². The van der Waals surface area contributed by atoms with E-state index in [0.29, 0.717) is 11.3 Å². The first-order valence-electron chi connectivity index (χ1n) is 6.45. The number of fused-ring (bicyclic) bond motifs is 1. The second-order valence-electron chi connectivity index (χ2n) is 5.95. The van der Waals surface area contributed by atoms with Gasteiger partial charge in [0, 0.05) is 18.2 Å². The Morgan fingerprint density at radius 2 is 1.80 bits per heavy atom. The topological polar surface area (TPSA) is 66.5 Å². The SMILES string of the molecule is CN1C(=O)C(C(=O)NC(C)(C)C)C(=O)c2ccccc21. The average Bonchev–Trinajstić information content (AvgIpc) is 2.34. The molecule has 0 fully saturated rings. The van der Waals surface area contributed by atoms with Crippen LogP contribution in [0.5, 0.6) is 0 Å². The van der Waals surface area contributed by atoms with Gasteiger partial charge in [-0.25, -0.2) is 0 Å². The van der Waals surface area contributed by atoms with Crippen molar-refractivity contribution in [3.05, 3.63) is 29.8 Å². The van der Waals surface area contributed by atoms with Crippen molar-refractivity contribution < 1.29 is 14.4 Å². The third-order valence-corrected chi connectivity index (χ3v) is 3.13. The molecule has 2 amide bonds. The summed E-state index contributed by atoms with van der Waals surface area (Å²) in [7, 11) is 1.57. The van der Waals surface area contributed by atoms with Crippen LogP contribution in [0.25, 0.3) is 0 Å². The molecular formula is C15H18N2O3. The lowest BCUT2D eigenvalue weighted by Crippen LogP contribution is -2.53. The number of benzene rings is 1. The lowest BCUT2D eigenvalue weighted by Gasteiger charge is -2.31. The minimum Gasteiger partial charge on any atom is -0.350 e. The standard InChI is InChI=1S/C15H18N2O3/c1-15(2,3)16-13(19)11-12(18)9-7-5-6-8-10(9)17(4)14(11)20/h5-8,11H,1-4H3,(H,16,19). The molecule has 0 saturated heterocycles. The summed E-state index contributed by atoms with van der Waals surface area (Å²) in [5, 5.41) is 2.69. The lowest BCUT2D eigenvalue weighted by molar-refractivity contribution is -0.132. The minimum absolute atomic E-state index is 0.406. The van der Waals surface area contributed by atoms with Gasteiger partial charge in [0.15, 0.2) is 11.7 Å². The van der Waals surface area contributed by atoms with Gasteiger partial charge in [-0.05, 0) is 32.9 Å². The molecule has 1 aromatic rings. The second kappa shape index (κ2) is 4.74. The number of nitrogens with zero attached hydrogens (tertiary/aromatic N) is 1. The molecule has 0 radical (unpaired) electrons. The highest BCUT2D eigenvalue weighted by Gasteiger charge is 2.43. The van der Waals surface area contributed by atoms with E-state index in [9.17, 15) is 14.4 Å². The van der Waals surface area contributed by atoms with Crippen LogP contribution < -0.4 is 10.2 Å². The van der Waals surface area contributed by atoms with Gasteiger partial charge in [-0.3, -0.25) is 14.4 Å². The van der Waals surface area contributed by atoms with Crippen molar-refractivity contribution in [1.82, 2.24) is 5.32 Å². The largest absolute Gasteiger partial charge is 0.350 e. The monoisotopic (exact) mass is 274 g/mol. The van der Waals surface area contributed by atoms with Crippen LogP contribution in [0, 0.1) is 5.92 Å². The molecular weight excluding hydrogens is 256 g/mol. The fraction of sp³-hybridized carbons (Fsp3) is 0.400. The molecule has 5 heteroatoms. The number of amides is 2. The molecule has 106 valence electrons. The third kappa shape index (κ3) is 2.43. The van der Waals surface area contributed by atoms with E-state index in [0.717, 1.165) is 0 Å². The quantitative estimate of drug-likeness (QED) is 0.787. The number of Topliss-reactive ketones (excluding diaryl/α,β-unsaturated/α-hetero) is 1. The summed E-state index contributed by atoms with van der Waals surface area (Å²) in [6.07, 6.45) is 0. The van der Waals surface area contributed by atoms with Crippen LogP contribution >= 0.6 is 0 Å². The summed E-state index contributed by atoms with van der Waals surface area (Å²) >= 11 is 0. The molecule has 0 aliphatic carbocycles. The van der Waals surface area contributed by atoms with Crippen LogP contribution in [-0.4, -0.2) is 30.2 Å². The molecule has 0 bridgehead atoms. The maximum atomic E-state index is 12.4. The highest BCUT2D eigenvalue weighted by molar-refractivity contribution is 6.31. The summed E-state index contributed by atoms with van der Waals surface area (Å²) in [6.45, 7) is 5.42. The predicted molar refractivity (Wildman–Crippen MR) is 75.6 cm³/mol. The number of hydrogen-bond acceptors (Lipinski definition) is 3. The van der Waals surface area contributed by atoms with Gasteiger partial charge in [0.05, 0.1) is 5.69 Å². The minimum atomic E-state index is -1.30. The predicted octanol–water partition coefficient (Wildman–Crippen LogP) is 1.38. The Kier molecular flexibility index (Phi) is 3.38. The van der Waals surface area contributed by atoms with Crippen LogP contribution in [-0.2, 0) is 9.59 Å². The Hall–Kier alpha value is -2.17. The van der Waals surface area contributed by atoms with Crippen molar-refractivity contribution in [3.63, 3.8) is 0 Å². The van der Waals surface area contributed by atoms with Crippen molar-refractivity contribution >= 4 is 23.3 Å². The lowest BCUT2D eigenvalue weighted by atomic mass is 9.89. The van der Waals surface area contributed by atoms with Crippen LogP contribution in [0.3, 0.4) is 0 Å². The molecule has 0 saturated carbocycles. The number of carbonyl (C=O) groups is 3. The van der Waals surface area contributed by atoms with Gasteiger partial charge in [-0.1, -0.05) is 12.1 Å². The molecule has 20 heavy (non-hydrogen) atoms. The maximum absolute atomic E-state index is 12.4. The highest BCUT2D eigenvalue weighted by Crippen LogP contribution is 2.29. The fourth-order valence-electron chi connectivity index (χ4n) is 2.23. The smallest absolute Gasteiger partial charge is 0.247 e. The molecule has 1 unspecified atom stereocenters. The van der Waals surface area contributed by atoms with Gasteiger partial charge in [0.1, 0.15) is 0 Å². The zero-order valence-electron chi connectivity index (χ0n) is 12.1. The van der Waals surface area contributed by atoms with Gasteiger partial charge >= 0.3 is 0 Å². The van der Waals surface area contributed by atoms with E-state index in [-0.39, 0.29) is 0 Å². The van der Waals surface area contributed by atoms with Crippen LogP contribution in [0.2, 0.25) is 0 Å². The van der Waals surface area contributed by atoms with Gasteiger partial charge in [-0.2, -0.15) is 0 Å². The Bertz CT molecular complexity index is 587. The normalized spacial score (nSPS) is 18.8. The van der Waals surface area contributed by atoms with E-state index in [4.69, 9.17) is 0 Å². The van der Waals surface area contributed by atoms with E-state index >= 15 is 0 Å². The summed E-state index contributed by atoms with van der Waals surface area (Å²) in [5.41, 5.74) is 0.457. The van der Waals surface area contributed by atoms with E-state index < -0.39 is 29.1 Å². The van der Waals surface area contributed by atoms with E-state index in [1.165, 1.54) is 4.90 Å². The summed E-state index contributed by atoms with van der Waals surface area (Å²) in [4.78, 5) is 38.2. The van der Waals surface area contributed by atoms with Gasteiger partial charge < -0.3 is 10.2 Å². The number of para-hydroxylation sites is 1. The fourth-order valence-corrected chi connectivity index (χ4v) is 2.23. The van der Waals surface area contributed by atoms with Crippen molar-refractivity contribution in [2.45, 2.75) is 26.3 Å². The van der Waals surface area contributed by atoms with E-state index in [2.05, 4.69) is 5.32 Å². The van der Waals surface area contributed by atoms with Crippen LogP contribution in [0.15, 0.2) is 24.3 Å². The number of carbonyl (C=O) groups excluding carboxylic acids is 3. The average molecular weight is 274 g/mol. The molecule has 5 nitrogen and oxygen atoms in total. The number of rotatable bonds is 1. The number of hydrogen-bond donors (Lipinski definition) is 1. The van der Waals surface area contributed by atoms with E-state index in [1.54, 1.807) is 52.1 Å². The van der Waals surface area contributed by atoms with Gasteiger partial charge in [-0.15, -0.1) is 0 Å². The van der Waals surface area contributed by atoms with Crippen molar-refractivity contribution in [3.8, 4) is 0 Å². The summed E-state index contributed by atoms with van der Waals surface area (Å²) < 4.78 is 0. The number of nitrogens with one attached hydrogen (secondary N) is 1. The molecule has 1 heterocycles. The molecule has 1 aliphatic rings. The molecule has 1 aliphatic heterocycles. The Morgan fingerprint density at radius 1 is 1.20 bits per heavy atom. The van der Waals surface area contributed by atoms with Crippen LogP contribution in [0.1, 0.15) is 31.1 Å².